The Kier molecular flexibility index (Phi) is 2.33. The summed E-state index contributed by atoms with van der Waals surface area (Å²) >= 11 is 1.65. The summed E-state index contributed by atoms with van der Waals surface area (Å²) < 4.78 is 5.56. The van der Waals surface area contributed by atoms with Gasteiger partial charge in [0.2, 0.25) is 0 Å². The van der Waals surface area contributed by atoms with E-state index in [1.807, 2.05) is 19.1 Å². The van der Waals surface area contributed by atoms with Crippen molar-refractivity contribution in [1.82, 2.24) is 4.98 Å². The third kappa shape index (κ3) is 1.68. The molecule has 3 rings (SSSR count). The molecule has 0 aliphatic heterocycles. The van der Waals surface area contributed by atoms with Crippen molar-refractivity contribution in [3.8, 4) is 10.8 Å². The fourth-order valence-electron chi connectivity index (χ4n) is 2.04. The average molecular weight is 234 g/mol. The van der Waals surface area contributed by atoms with Crippen molar-refractivity contribution in [3.05, 3.63) is 29.0 Å². The molecule has 1 aliphatic rings. The molecule has 3 nitrogen and oxygen atoms in total. The number of hydrogen-bond acceptors (Lipinski definition) is 4. The van der Waals surface area contributed by atoms with Crippen molar-refractivity contribution in [2.45, 2.75) is 31.7 Å². The van der Waals surface area contributed by atoms with Crippen LogP contribution in [-0.2, 0) is 0 Å². The molecular weight excluding hydrogens is 220 g/mol. The zero-order valence-electron chi connectivity index (χ0n) is 9.14. The summed E-state index contributed by atoms with van der Waals surface area (Å²) in [4.78, 5) is 4.62. The smallest absolute Gasteiger partial charge is 0.162 e. The molecule has 0 saturated heterocycles. The van der Waals surface area contributed by atoms with Crippen molar-refractivity contribution in [2.75, 3.05) is 0 Å². The van der Waals surface area contributed by atoms with Crippen LogP contribution in [0.25, 0.3) is 10.8 Å². The quantitative estimate of drug-likeness (QED) is 0.869. The molecule has 16 heavy (non-hydrogen) atoms. The largest absolute Gasteiger partial charge is 0.459 e. The molecule has 2 heterocycles. The molecule has 0 spiro atoms. The summed E-state index contributed by atoms with van der Waals surface area (Å²) in [7, 11) is 0. The Labute approximate surface area is 98.3 Å². The minimum atomic E-state index is 0.376. The summed E-state index contributed by atoms with van der Waals surface area (Å²) in [5.41, 5.74) is 6.96. The van der Waals surface area contributed by atoms with Crippen LogP contribution < -0.4 is 5.73 Å². The topological polar surface area (TPSA) is 52.0 Å². The molecule has 0 radical (unpaired) electrons. The van der Waals surface area contributed by atoms with E-state index in [1.54, 1.807) is 11.3 Å². The highest BCUT2D eigenvalue weighted by molar-refractivity contribution is 7.13. The molecule has 0 atom stereocenters. The molecule has 1 aliphatic carbocycles. The number of aryl methyl sites for hydroxylation is 1. The van der Waals surface area contributed by atoms with Crippen LogP contribution in [0.4, 0.5) is 0 Å². The lowest BCUT2D eigenvalue weighted by Gasteiger charge is -2.30. The highest BCUT2D eigenvalue weighted by Gasteiger charge is 2.29. The lowest BCUT2D eigenvalue weighted by atomic mass is 9.79. The summed E-state index contributed by atoms with van der Waals surface area (Å²) in [6, 6.07) is 4.32. The Morgan fingerprint density at radius 3 is 2.88 bits per heavy atom. The number of aromatic nitrogens is 1. The molecule has 0 unspecified atom stereocenters. The molecule has 2 N–H and O–H groups in total. The van der Waals surface area contributed by atoms with E-state index in [-0.39, 0.29) is 0 Å². The molecule has 84 valence electrons. The summed E-state index contributed by atoms with van der Waals surface area (Å²) in [6.45, 7) is 1.95. The zero-order valence-corrected chi connectivity index (χ0v) is 9.96. The highest BCUT2D eigenvalue weighted by atomic mass is 32.1. The van der Waals surface area contributed by atoms with Crippen LogP contribution in [0.15, 0.2) is 21.9 Å². The van der Waals surface area contributed by atoms with Gasteiger partial charge in [-0.15, -0.1) is 11.3 Å². The van der Waals surface area contributed by atoms with Crippen LogP contribution in [0, 0.1) is 6.92 Å². The monoisotopic (exact) mass is 234 g/mol. The van der Waals surface area contributed by atoms with E-state index in [1.165, 1.54) is 5.69 Å². The second kappa shape index (κ2) is 3.71. The summed E-state index contributed by atoms with van der Waals surface area (Å²) in [5.74, 6) is 2.37. The number of nitrogens with two attached hydrogens (primary N) is 1. The van der Waals surface area contributed by atoms with Crippen LogP contribution >= 0.6 is 11.3 Å². The van der Waals surface area contributed by atoms with Gasteiger partial charge in [0.15, 0.2) is 10.8 Å². The Morgan fingerprint density at radius 1 is 1.44 bits per heavy atom. The summed E-state index contributed by atoms with van der Waals surface area (Å²) in [5, 5.41) is 3.10. The van der Waals surface area contributed by atoms with E-state index in [2.05, 4.69) is 10.4 Å². The Hall–Kier alpha value is -1.13. The van der Waals surface area contributed by atoms with Gasteiger partial charge in [-0.2, -0.15) is 0 Å². The third-order valence-electron chi connectivity index (χ3n) is 3.07. The van der Waals surface area contributed by atoms with Gasteiger partial charge in [0.25, 0.3) is 0 Å². The standard InChI is InChI=1S/C12H14N2OS/c1-7-2-3-11(15-7)12-14-10(6-16-12)8-4-9(13)5-8/h2-3,6,8-9H,4-5,13H2,1H3. The summed E-state index contributed by atoms with van der Waals surface area (Å²) in [6.07, 6.45) is 2.14. The first-order valence-corrected chi connectivity index (χ1v) is 6.38. The van der Waals surface area contributed by atoms with Crippen molar-refractivity contribution in [1.29, 1.82) is 0 Å². The number of thiazole rings is 1. The van der Waals surface area contributed by atoms with Crippen molar-refractivity contribution < 1.29 is 4.42 Å². The van der Waals surface area contributed by atoms with Crippen molar-refractivity contribution in [2.24, 2.45) is 5.73 Å². The van der Waals surface area contributed by atoms with Crippen LogP contribution in [-0.4, -0.2) is 11.0 Å². The second-order valence-electron chi connectivity index (χ2n) is 4.42. The van der Waals surface area contributed by atoms with E-state index in [4.69, 9.17) is 10.2 Å². The molecule has 4 heteroatoms. The predicted octanol–water partition coefficient (Wildman–Crippen LogP) is 2.92. The van der Waals surface area contributed by atoms with Gasteiger partial charge >= 0.3 is 0 Å². The molecule has 2 aromatic heterocycles. The average Bonchev–Trinajstić information content (AvgIpc) is 2.81. The molecule has 0 bridgehead atoms. The highest BCUT2D eigenvalue weighted by Crippen LogP contribution is 2.37. The Balaban J connectivity index is 1.82. The lowest BCUT2D eigenvalue weighted by Crippen LogP contribution is -2.34. The van der Waals surface area contributed by atoms with Gasteiger partial charge < -0.3 is 10.2 Å². The first kappa shape index (κ1) is 10.1. The van der Waals surface area contributed by atoms with Gasteiger partial charge in [0, 0.05) is 17.3 Å². The van der Waals surface area contributed by atoms with Gasteiger partial charge in [-0.25, -0.2) is 4.98 Å². The predicted molar refractivity (Wildman–Crippen MR) is 64.5 cm³/mol. The molecular formula is C12H14N2OS. The number of hydrogen-bond donors (Lipinski definition) is 1. The van der Waals surface area contributed by atoms with Gasteiger partial charge in [-0.3, -0.25) is 0 Å². The van der Waals surface area contributed by atoms with Crippen molar-refractivity contribution >= 4 is 11.3 Å². The van der Waals surface area contributed by atoms with E-state index in [0.717, 1.165) is 29.4 Å². The fraction of sp³-hybridized carbons (Fsp3) is 0.417. The minimum Gasteiger partial charge on any atom is -0.459 e. The van der Waals surface area contributed by atoms with Crippen LogP contribution in [0.3, 0.4) is 0 Å². The normalized spacial score (nSPS) is 24.4. The molecule has 1 saturated carbocycles. The van der Waals surface area contributed by atoms with Gasteiger partial charge in [-0.05, 0) is 31.9 Å². The van der Waals surface area contributed by atoms with Crippen LogP contribution in [0.1, 0.15) is 30.2 Å². The number of furan rings is 1. The first-order valence-electron chi connectivity index (χ1n) is 5.50. The Morgan fingerprint density at radius 2 is 2.25 bits per heavy atom. The maximum absolute atomic E-state index is 5.78. The van der Waals surface area contributed by atoms with Gasteiger partial charge in [0.1, 0.15) is 5.76 Å². The molecule has 1 fully saturated rings. The van der Waals surface area contributed by atoms with E-state index in [9.17, 15) is 0 Å². The number of rotatable bonds is 2. The van der Waals surface area contributed by atoms with Gasteiger partial charge in [0.05, 0.1) is 5.69 Å². The molecule has 2 aromatic rings. The van der Waals surface area contributed by atoms with E-state index < -0.39 is 0 Å². The van der Waals surface area contributed by atoms with Crippen LogP contribution in [0.5, 0.6) is 0 Å². The molecule has 0 aromatic carbocycles. The lowest BCUT2D eigenvalue weighted by molar-refractivity contribution is 0.346. The maximum atomic E-state index is 5.78. The Bertz CT molecular complexity index is 497. The van der Waals surface area contributed by atoms with E-state index in [0.29, 0.717) is 12.0 Å². The third-order valence-corrected chi connectivity index (χ3v) is 3.94. The second-order valence-corrected chi connectivity index (χ2v) is 5.27. The fourth-order valence-corrected chi connectivity index (χ4v) is 2.90. The van der Waals surface area contributed by atoms with E-state index >= 15 is 0 Å². The van der Waals surface area contributed by atoms with Crippen molar-refractivity contribution in [3.63, 3.8) is 0 Å². The number of nitrogens with zero attached hydrogens (tertiary/aromatic N) is 1. The first-order chi connectivity index (χ1) is 7.72. The minimum absolute atomic E-state index is 0.376. The SMILES string of the molecule is Cc1ccc(-c2nc(C3CC(N)C3)cs2)o1. The maximum Gasteiger partial charge on any atom is 0.162 e. The molecule has 0 amide bonds. The van der Waals surface area contributed by atoms with Crippen LogP contribution in [0.2, 0.25) is 0 Å². The van der Waals surface area contributed by atoms with Gasteiger partial charge in [-0.1, -0.05) is 0 Å². The zero-order chi connectivity index (χ0) is 11.1.